The van der Waals surface area contributed by atoms with Crippen molar-refractivity contribution in [3.63, 3.8) is 0 Å². The summed E-state index contributed by atoms with van der Waals surface area (Å²) in [6, 6.07) is 5.83. The molecule has 0 aliphatic rings. The first kappa shape index (κ1) is 12.5. The van der Waals surface area contributed by atoms with Crippen LogP contribution in [-0.2, 0) is 6.42 Å². The highest BCUT2D eigenvalue weighted by Gasteiger charge is 2.03. The first-order valence-corrected chi connectivity index (χ1v) is 6.04. The number of nitriles is 1. The average molecular weight is 265 g/mol. The fourth-order valence-corrected chi connectivity index (χ4v) is 2.06. The molecule has 0 aliphatic heterocycles. The fourth-order valence-electron chi connectivity index (χ4n) is 1.42. The van der Waals surface area contributed by atoms with Crippen LogP contribution in [0.5, 0.6) is 0 Å². The lowest BCUT2D eigenvalue weighted by atomic mass is 10.1. The van der Waals surface area contributed by atoms with Gasteiger partial charge in [-0.15, -0.1) is 0 Å². The molecule has 92 valence electrons. The Kier molecular flexibility index (Phi) is 3.85. The Morgan fingerprint density at radius 1 is 1.33 bits per heavy atom. The average Bonchev–Trinajstić information content (AvgIpc) is 2.82. The lowest BCUT2D eigenvalue weighted by Crippen LogP contribution is -2.04. The number of rotatable bonds is 4. The van der Waals surface area contributed by atoms with E-state index in [1.54, 1.807) is 6.07 Å². The number of hydrogen-bond acceptors (Lipinski definition) is 4. The van der Waals surface area contributed by atoms with Crippen LogP contribution >= 0.6 is 11.3 Å². The number of nitrogens with zero attached hydrogens (tertiary/aromatic N) is 2. The number of nitrogens with one attached hydrogen (secondary N) is 1. The molecule has 0 unspecified atom stereocenters. The van der Waals surface area contributed by atoms with Crippen LogP contribution in [0.15, 0.2) is 24.4 Å². The van der Waals surface area contributed by atoms with Gasteiger partial charge in [0.2, 0.25) is 0 Å². The zero-order valence-electron chi connectivity index (χ0n) is 9.28. The minimum atomic E-state index is -0.842. The first-order valence-electron chi connectivity index (χ1n) is 5.23. The Hall–Kier alpha value is -2.00. The highest BCUT2D eigenvalue weighted by atomic mass is 32.1. The van der Waals surface area contributed by atoms with Crippen LogP contribution in [0.2, 0.25) is 0 Å². The van der Waals surface area contributed by atoms with E-state index >= 15 is 0 Å². The molecule has 1 aromatic heterocycles. The standard InChI is InChI=1S/C12H9F2N3S/c13-10-2-1-8(5-11(10)14)3-4-16-12-17-7-9(6-15)18-12/h1-2,5,7H,3-4H2,(H,16,17). The Morgan fingerprint density at radius 2 is 2.17 bits per heavy atom. The first-order chi connectivity index (χ1) is 8.69. The monoisotopic (exact) mass is 265 g/mol. The molecular formula is C12H9F2N3S. The van der Waals surface area contributed by atoms with E-state index in [-0.39, 0.29) is 0 Å². The molecule has 0 saturated carbocycles. The smallest absolute Gasteiger partial charge is 0.183 e. The van der Waals surface area contributed by atoms with E-state index in [2.05, 4.69) is 10.3 Å². The third-order valence-corrected chi connectivity index (χ3v) is 3.15. The van der Waals surface area contributed by atoms with Crippen LogP contribution in [0.25, 0.3) is 0 Å². The van der Waals surface area contributed by atoms with Crippen molar-refractivity contribution >= 4 is 16.5 Å². The second kappa shape index (κ2) is 5.56. The highest BCUT2D eigenvalue weighted by molar-refractivity contribution is 7.16. The maximum Gasteiger partial charge on any atom is 0.183 e. The van der Waals surface area contributed by atoms with Crippen molar-refractivity contribution in [2.45, 2.75) is 6.42 Å². The lowest BCUT2D eigenvalue weighted by molar-refractivity contribution is 0.507. The summed E-state index contributed by atoms with van der Waals surface area (Å²) < 4.78 is 25.6. The molecule has 1 N–H and O–H groups in total. The van der Waals surface area contributed by atoms with Gasteiger partial charge in [-0.05, 0) is 24.1 Å². The largest absolute Gasteiger partial charge is 0.361 e. The van der Waals surface area contributed by atoms with Gasteiger partial charge < -0.3 is 5.32 Å². The van der Waals surface area contributed by atoms with E-state index in [1.165, 1.54) is 23.6 Å². The number of anilines is 1. The van der Waals surface area contributed by atoms with Crippen LogP contribution in [0.4, 0.5) is 13.9 Å². The molecule has 1 aromatic carbocycles. The number of aromatic nitrogens is 1. The van der Waals surface area contributed by atoms with Gasteiger partial charge in [0.1, 0.15) is 10.9 Å². The summed E-state index contributed by atoms with van der Waals surface area (Å²) in [5, 5.41) is 12.3. The van der Waals surface area contributed by atoms with Gasteiger partial charge in [-0.3, -0.25) is 0 Å². The van der Waals surface area contributed by atoms with Gasteiger partial charge in [0.15, 0.2) is 16.8 Å². The molecule has 0 atom stereocenters. The number of thiazole rings is 1. The molecule has 0 fully saturated rings. The fraction of sp³-hybridized carbons (Fsp3) is 0.167. The quantitative estimate of drug-likeness (QED) is 0.924. The minimum absolute atomic E-state index is 0.533. The van der Waals surface area contributed by atoms with Gasteiger partial charge in [-0.1, -0.05) is 17.4 Å². The molecule has 0 radical (unpaired) electrons. The SMILES string of the molecule is N#Cc1cnc(NCCc2ccc(F)c(F)c2)s1. The van der Waals surface area contributed by atoms with E-state index in [9.17, 15) is 8.78 Å². The number of halogens is 2. The zero-order chi connectivity index (χ0) is 13.0. The van der Waals surface area contributed by atoms with E-state index < -0.39 is 11.6 Å². The van der Waals surface area contributed by atoms with E-state index in [0.717, 1.165) is 6.07 Å². The maximum atomic E-state index is 12.9. The van der Waals surface area contributed by atoms with E-state index in [1.807, 2.05) is 6.07 Å². The summed E-state index contributed by atoms with van der Waals surface area (Å²) in [7, 11) is 0. The van der Waals surface area contributed by atoms with Crippen LogP contribution in [-0.4, -0.2) is 11.5 Å². The molecule has 1 heterocycles. The predicted octanol–water partition coefficient (Wildman–Crippen LogP) is 2.95. The van der Waals surface area contributed by atoms with Crippen molar-refractivity contribution in [1.82, 2.24) is 4.98 Å². The summed E-state index contributed by atoms with van der Waals surface area (Å²) in [5.41, 5.74) is 0.707. The topological polar surface area (TPSA) is 48.7 Å². The van der Waals surface area contributed by atoms with Crippen LogP contribution in [0.1, 0.15) is 10.4 Å². The summed E-state index contributed by atoms with van der Waals surface area (Å²) in [6.45, 7) is 0.545. The number of benzene rings is 1. The molecule has 0 bridgehead atoms. The summed E-state index contributed by atoms with van der Waals surface area (Å²) in [6.07, 6.45) is 2.04. The summed E-state index contributed by atoms with van der Waals surface area (Å²) in [5.74, 6) is -1.68. The van der Waals surface area contributed by atoms with Crippen LogP contribution < -0.4 is 5.32 Å². The zero-order valence-corrected chi connectivity index (χ0v) is 10.1. The van der Waals surface area contributed by atoms with Crippen molar-refractivity contribution in [2.75, 3.05) is 11.9 Å². The van der Waals surface area contributed by atoms with E-state index in [4.69, 9.17) is 5.26 Å². The molecular weight excluding hydrogens is 256 g/mol. The Morgan fingerprint density at radius 3 is 2.83 bits per heavy atom. The second-order valence-corrected chi connectivity index (χ2v) is 4.60. The maximum absolute atomic E-state index is 12.9. The van der Waals surface area contributed by atoms with Gasteiger partial charge in [0, 0.05) is 6.54 Å². The second-order valence-electron chi connectivity index (χ2n) is 3.57. The molecule has 6 heteroatoms. The molecule has 3 nitrogen and oxygen atoms in total. The van der Waals surface area contributed by atoms with Gasteiger partial charge >= 0.3 is 0 Å². The van der Waals surface area contributed by atoms with Crippen molar-refractivity contribution in [3.05, 3.63) is 46.5 Å². The molecule has 2 rings (SSSR count). The van der Waals surface area contributed by atoms with Crippen molar-refractivity contribution in [3.8, 4) is 6.07 Å². The summed E-state index contributed by atoms with van der Waals surface area (Å²) >= 11 is 1.26. The molecule has 18 heavy (non-hydrogen) atoms. The van der Waals surface area contributed by atoms with Crippen LogP contribution in [0, 0.1) is 23.0 Å². The molecule has 0 aliphatic carbocycles. The Labute approximate surface area is 107 Å². The third kappa shape index (κ3) is 3.02. The van der Waals surface area contributed by atoms with Gasteiger partial charge in [0.25, 0.3) is 0 Å². The Bertz CT molecular complexity index is 589. The predicted molar refractivity (Wildman–Crippen MR) is 65.4 cm³/mol. The van der Waals surface area contributed by atoms with Crippen molar-refractivity contribution in [2.24, 2.45) is 0 Å². The molecule has 2 aromatic rings. The number of hydrogen-bond donors (Lipinski definition) is 1. The van der Waals surface area contributed by atoms with Crippen molar-refractivity contribution in [1.29, 1.82) is 5.26 Å². The molecule has 0 saturated heterocycles. The minimum Gasteiger partial charge on any atom is -0.361 e. The molecule has 0 amide bonds. The van der Waals surface area contributed by atoms with Crippen molar-refractivity contribution < 1.29 is 8.78 Å². The highest BCUT2D eigenvalue weighted by Crippen LogP contribution is 2.17. The van der Waals surface area contributed by atoms with Gasteiger partial charge in [-0.2, -0.15) is 5.26 Å². The lowest BCUT2D eigenvalue weighted by Gasteiger charge is -2.03. The third-order valence-electron chi connectivity index (χ3n) is 2.29. The molecule has 0 spiro atoms. The Balaban J connectivity index is 1.88. The summed E-state index contributed by atoms with van der Waals surface area (Å²) in [4.78, 5) is 4.53. The van der Waals surface area contributed by atoms with Crippen LogP contribution in [0.3, 0.4) is 0 Å². The van der Waals surface area contributed by atoms with E-state index in [0.29, 0.717) is 28.5 Å². The normalized spacial score (nSPS) is 10.1. The van der Waals surface area contributed by atoms with Gasteiger partial charge in [0.05, 0.1) is 6.20 Å². The van der Waals surface area contributed by atoms with Gasteiger partial charge in [-0.25, -0.2) is 13.8 Å².